The van der Waals surface area contributed by atoms with Crippen LogP contribution in [0, 0.1) is 0 Å². The normalized spacial score (nSPS) is 12.4. The highest BCUT2D eigenvalue weighted by molar-refractivity contribution is 7.97. The Bertz CT molecular complexity index is 728. The number of hydrogen-bond donors (Lipinski definition) is 1. The van der Waals surface area contributed by atoms with E-state index in [4.69, 9.17) is 4.74 Å². The van der Waals surface area contributed by atoms with E-state index in [2.05, 4.69) is 27.9 Å². The van der Waals surface area contributed by atoms with Gasteiger partial charge in [0.2, 0.25) is 0 Å². The van der Waals surface area contributed by atoms with E-state index in [1.807, 2.05) is 44.4 Å². The van der Waals surface area contributed by atoms with Crippen molar-refractivity contribution in [1.82, 2.24) is 9.71 Å². The number of ether oxygens (including phenoxy) is 1. The van der Waals surface area contributed by atoms with E-state index in [1.165, 1.54) is 16.1 Å². The first kappa shape index (κ1) is 16.4. The van der Waals surface area contributed by atoms with Gasteiger partial charge in [0.1, 0.15) is 5.75 Å². The first-order chi connectivity index (χ1) is 10.9. The Hall–Kier alpha value is -1.94. The van der Waals surface area contributed by atoms with Crippen LogP contribution in [0.15, 0.2) is 47.6 Å². The van der Waals surface area contributed by atoms with Gasteiger partial charge in [-0.3, -0.25) is 4.98 Å². The Balaban J connectivity index is 0.000000847. The number of aromatic nitrogens is 1. The second-order valence-corrected chi connectivity index (χ2v) is 5.45. The summed E-state index contributed by atoms with van der Waals surface area (Å²) in [5, 5.41) is 2.47. The number of hydrogen-bond acceptors (Lipinski definition) is 4. The van der Waals surface area contributed by atoms with Crippen molar-refractivity contribution < 1.29 is 4.74 Å². The summed E-state index contributed by atoms with van der Waals surface area (Å²) in [6.07, 6.45) is 8.10. The fourth-order valence-electron chi connectivity index (χ4n) is 2.24. The average Bonchev–Trinajstić information content (AvgIpc) is 2.62. The van der Waals surface area contributed by atoms with Crippen molar-refractivity contribution >= 4 is 23.7 Å². The van der Waals surface area contributed by atoms with Gasteiger partial charge in [-0.25, -0.2) is 0 Å². The van der Waals surface area contributed by atoms with Crippen molar-refractivity contribution in [2.24, 2.45) is 0 Å². The smallest absolute Gasteiger partial charge is 0.120 e. The fourth-order valence-corrected chi connectivity index (χ4v) is 3.02. The highest BCUT2D eigenvalue weighted by atomic mass is 32.2. The predicted molar refractivity (Wildman–Crippen MR) is 93.9 cm³/mol. The van der Waals surface area contributed by atoms with E-state index in [0.29, 0.717) is 0 Å². The van der Waals surface area contributed by atoms with Crippen molar-refractivity contribution in [3.05, 3.63) is 53.2 Å². The third kappa shape index (κ3) is 4.04. The Labute approximate surface area is 136 Å². The van der Waals surface area contributed by atoms with Crippen LogP contribution in [0.4, 0.5) is 0 Å². The molecule has 0 spiro atoms. The fraction of sp³-hybridized carbons (Fsp3) is 0.278. The van der Waals surface area contributed by atoms with Crippen molar-refractivity contribution in [2.45, 2.75) is 31.6 Å². The van der Waals surface area contributed by atoms with Crippen LogP contribution < -0.4 is 19.9 Å². The largest absolute Gasteiger partial charge is 0.497 e. The molecule has 0 bridgehead atoms. The van der Waals surface area contributed by atoms with E-state index in [9.17, 15) is 0 Å². The minimum Gasteiger partial charge on any atom is -0.497 e. The van der Waals surface area contributed by atoms with Crippen LogP contribution in [0.25, 0.3) is 11.8 Å². The van der Waals surface area contributed by atoms with E-state index >= 15 is 0 Å². The molecule has 1 aromatic carbocycles. The zero-order chi connectivity index (χ0) is 15.8. The molecule has 0 saturated heterocycles. The molecule has 4 heteroatoms. The topological polar surface area (TPSA) is 34.1 Å². The van der Waals surface area contributed by atoms with Crippen molar-refractivity contribution in [2.75, 3.05) is 7.11 Å². The third-order valence-corrected chi connectivity index (χ3v) is 4.11. The zero-order valence-corrected chi connectivity index (χ0v) is 14.1. The summed E-state index contributed by atoms with van der Waals surface area (Å²) in [5.74, 6) is 0.878. The molecule has 0 radical (unpaired) electrons. The molecule has 0 unspecified atom stereocenters. The van der Waals surface area contributed by atoms with Gasteiger partial charge in [-0.2, -0.15) is 0 Å². The summed E-state index contributed by atoms with van der Waals surface area (Å²) in [4.78, 5) is 5.32. The molecule has 1 aliphatic carbocycles. The Morgan fingerprint density at radius 3 is 2.91 bits per heavy atom. The maximum absolute atomic E-state index is 5.24. The quantitative estimate of drug-likeness (QED) is 0.880. The lowest BCUT2D eigenvalue weighted by molar-refractivity contribution is 0.413. The lowest BCUT2D eigenvalue weighted by Crippen LogP contribution is -2.32. The van der Waals surface area contributed by atoms with Gasteiger partial charge in [0.05, 0.1) is 7.11 Å². The Morgan fingerprint density at radius 2 is 2.09 bits per heavy atom. The minimum absolute atomic E-state index is 0.878. The number of nitrogens with one attached hydrogen (secondary N) is 1. The molecule has 1 aromatic heterocycles. The summed E-state index contributed by atoms with van der Waals surface area (Å²) in [6, 6.07) is 10.1. The van der Waals surface area contributed by atoms with E-state index in [0.717, 1.165) is 23.5 Å². The van der Waals surface area contributed by atoms with Crippen LogP contribution in [-0.2, 0) is 0 Å². The molecule has 1 N–H and O–H groups in total. The van der Waals surface area contributed by atoms with Crippen LogP contribution in [-0.4, -0.2) is 12.1 Å². The molecule has 1 aliphatic rings. The molecular formula is C18H22N2OS. The molecule has 0 fully saturated rings. The maximum atomic E-state index is 5.24. The second kappa shape index (κ2) is 8.49. The number of benzene rings is 1. The summed E-state index contributed by atoms with van der Waals surface area (Å²) in [6.45, 7) is 4.00. The van der Waals surface area contributed by atoms with E-state index < -0.39 is 0 Å². The summed E-state index contributed by atoms with van der Waals surface area (Å²) < 4.78 is 8.72. The van der Waals surface area contributed by atoms with Crippen molar-refractivity contribution in [3.8, 4) is 5.75 Å². The summed E-state index contributed by atoms with van der Waals surface area (Å²) in [7, 11) is 1.69. The third-order valence-electron chi connectivity index (χ3n) is 3.27. The molecule has 3 rings (SSSR count). The number of rotatable bonds is 4. The monoisotopic (exact) mass is 314 g/mol. The number of fused-ring (bicyclic) bond motifs is 1. The van der Waals surface area contributed by atoms with E-state index in [-0.39, 0.29) is 0 Å². The van der Waals surface area contributed by atoms with Crippen LogP contribution >= 0.6 is 11.9 Å². The molecule has 0 atom stereocenters. The molecular weight excluding hydrogens is 292 g/mol. The maximum Gasteiger partial charge on any atom is 0.120 e. The molecule has 0 aliphatic heterocycles. The van der Waals surface area contributed by atoms with Gasteiger partial charge in [-0.15, -0.1) is 0 Å². The minimum atomic E-state index is 0.878. The van der Waals surface area contributed by atoms with Gasteiger partial charge in [0.15, 0.2) is 0 Å². The molecule has 22 heavy (non-hydrogen) atoms. The van der Waals surface area contributed by atoms with E-state index in [1.54, 1.807) is 19.1 Å². The molecule has 2 aromatic rings. The van der Waals surface area contributed by atoms with Gasteiger partial charge in [0, 0.05) is 28.2 Å². The van der Waals surface area contributed by atoms with Gasteiger partial charge in [0.25, 0.3) is 0 Å². The number of pyridine rings is 1. The van der Waals surface area contributed by atoms with Gasteiger partial charge >= 0.3 is 0 Å². The molecule has 116 valence electrons. The SMILES string of the molecule is CC.COc1cccc(SNC2=c3ccncc3=CCC2)c1. The lowest BCUT2D eigenvalue weighted by Gasteiger charge is -2.13. The lowest BCUT2D eigenvalue weighted by atomic mass is 10.1. The van der Waals surface area contributed by atoms with Crippen LogP contribution in [0.2, 0.25) is 0 Å². The van der Waals surface area contributed by atoms with Gasteiger partial charge < -0.3 is 9.46 Å². The first-order valence-corrected chi connectivity index (χ1v) is 8.39. The van der Waals surface area contributed by atoms with Gasteiger partial charge in [-0.05, 0) is 54.3 Å². The molecule has 3 nitrogen and oxygen atoms in total. The summed E-state index contributed by atoms with van der Waals surface area (Å²) in [5.41, 5.74) is 1.26. The first-order valence-electron chi connectivity index (χ1n) is 7.57. The predicted octanol–water partition coefficient (Wildman–Crippen LogP) is 3.10. The second-order valence-electron chi connectivity index (χ2n) is 4.57. The number of nitrogens with zero attached hydrogens (tertiary/aromatic N) is 1. The van der Waals surface area contributed by atoms with Crippen LogP contribution in [0.3, 0.4) is 0 Å². The standard InChI is InChI=1S/C16H16N2OS.C2H6/c1-19-13-5-3-6-14(10-13)20-18-16-7-2-4-12-11-17-9-8-15(12)16;1-2/h3-6,8-11,18H,2,7H2,1H3;1-2H3. The summed E-state index contributed by atoms with van der Waals surface area (Å²) >= 11 is 1.62. The molecule has 0 amide bonds. The Morgan fingerprint density at radius 1 is 1.23 bits per heavy atom. The van der Waals surface area contributed by atoms with Crippen LogP contribution in [0.5, 0.6) is 5.75 Å². The highest BCUT2D eigenvalue weighted by Gasteiger charge is 2.05. The van der Waals surface area contributed by atoms with Gasteiger partial charge in [-0.1, -0.05) is 26.0 Å². The molecule has 1 heterocycles. The highest BCUT2D eigenvalue weighted by Crippen LogP contribution is 2.22. The Kier molecular flexibility index (Phi) is 6.34. The molecule has 0 saturated carbocycles. The van der Waals surface area contributed by atoms with Crippen LogP contribution in [0.1, 0.15) is 26.7 Å². The number of methoxy groups -OCH3 is 1. The average molecular weight is 314 g/mol. The van der Waals surface area contributed by atoms with Crippen molar-refractivity contribution in [3.63, 3.8) is 0 Å². The van der Waals surface area contributed by atoms with Crippen molar-refractivity contribution in [1.29, 1.82) is 0 Å². The zero-order valence-electron chi connectivity index (χ0n) is 13.3.